The third-order valence-corrected chi connectivity index (χ3v) is 3.76. The molecule has 20 heavy (non-hydrogen) atoms. The number of hydrogen-bond donors (Lipinski definition) is 1. The van der Waals surface area contributed by atoms with E-state index in [-0.39, 0.29) is 5.78 Å². The minimum atomic E-state index is 0.0415. The van der Waals surface area contributed by atoms with Crippen LogP contribution in [0.3, 0.4) is 0 Å². The predicted octanol–water partition coefficient (Wildman–Crippen LogP) is 4.67. The van der Waals surface area contributed by atoms with Gasteiger partial charge >= 0.3 is 0 Å². The number of fused-ring (bicyclic) bond motifs is 1. The zero-order chi connectivity index (χ0) is 14.3. The number of aryl methyl sites for hydroxylation is 2. The quantitative estimate of drug-likeness (QED) is 0.681. The Kier molecular flexibility index (Phi) is 3.11. The Morgan fingerprint density at radius 3 is 2.65 bits per heavy atom. The highest BCUT2D eigenvalue weighted by Crippen LogP contribution is 2.25. The Morgan fingerprint density at radius 2 is 1.85 bits per heavy atom. The van der Waals surface area contributed by atoms with E-state index >= 15 is 0 Å². The highest BCUT2D eigenvalue weighted by molar-refractivity contribution is 6.31. The second-order valence-electron chi connectivity index (χ2n) is 5.04. The van der Waals surface area contributed by atoms with E-state index in [2.05, 4.69) is 4.98 Å². The summed E-state index contributed by atoms with van der Waals surface area (Å²) < 4.78 is 0. The Balaban J connectivity index is 2.15. The van der Waals surface area contributed by atoms with Crippen LogP contribution in [0, 0.1) is 13.8 Å². The summed E-state index contributed by atoms with van der Waals surface area (Å²) >= 11 is 5.97. The first kappa shape index (κ1) is 12.9. The maximum absolute atomic E-state index is 12.7. The molecular weight excluding hydrogens is 270 g/mol. The van der Waals surface area contributed by atoms with Crippen molar-refractivity contribution >= 4 is 28.3 Å². The van der Waals surface area contributed by atoms with Crippen LogP contribution in [0.5, 0.6) is 0 Å². The smallest absolute Gasteiger partial charge is 0.195 e. The fraction of sp³-hybridized carbons (Fsp3) is 0.118. The lowest BCUT2D eigenvalue weighted by atomic mass is 9.97. The second kappa shape index (κ2) is 4.80. The van der Waals surface area contributed by atoms with Crippen molar-refractivity contribution in [2.45, 2.75) is 13.8 Å². The molecule has 0 aliphatic carbocycles. The monoisotopic (exact) mass is 283 g/mol. The molecule has 0 aliphatic heterocycles. The fourth-order valence-corrected chi connectivity index (χ4v) is 2.58. The van der Waals surface area contributed by atoms with E-state index in [1.807, 2.05) is 44.2 Å². The maximum atomic E-state index is 12.7. The van der Waals surface area contributed by atoms with Crippen LogP contribution in [0.15, 0.2) is 42.6 Å². The van der Waals surface area contributed by atoms with Crippen LogP contribution in [0.2, 0.25) is 5.02 Å². The van der Waals surface area contributed by atoms with E-state index in [0.29, 0.717) is 10.6 Å². The third kappa shape index (κ3) is 2.12. The SMILES string of the molecule is Cc1ccc(C)c(C(=O)c2c[nH]c3cc(Cl)ccc23)c1. The molecule has 0 spiro atoms. The van der Waals surface area contributed by atoms with Gasteiger partial charge in [0.25, 0.3) is 0 Å². The molecule has 3 aromatic rings. The first-order valence-corrected chi connectivity index (χ1v) is 6.82. The summed E-state index contributed by atoms with van der Waals surface area (Å²) in [7, 11) is 0. The van der Waals surface area contributed by atoms with Gasteiger partial charge in [0.2, 0.25) is 0 Å². The van der Waals surface area contributed by atoms with Crippen molar-refractivity contribution in [3.8, 4) is 0 Å². The largest absolute Gasteiger partial charge is 0.360 e. The van der Waals surface area contributed by atoms with Gasteiger partial charge in [-0.15, -0.1) is 0 Å². The summed E-state index contributed by atoms with van der Waals surface area (Å²) in [5, 5.41) is 1.56. The number of aromatic nitrogens is 1. The van der Waals surface area contributed by atoms with Gasteiger partial charge in [-0.25, -0.2) is 0 Å². The van der Waals surface area contributed by atoms with E-state index in [9.17, 15) is 4.79 Å². The van der Waals surface area contributed by atoms with Crippen LogP contribution in [-0.4, -0.2) is 10.8 Å². The number of carbonyl (C=O) groups is 1. The van der Waals surface area contributed by atoms with Crippen LogP contribution in [-0.2, 0) is 0 Å². The van der Waals surface area contributed by atoms with Crippen LogP contribution >= 0.6 is 11.6 Å². The van der Waals surface area contributed by atoms with Crippen molar-refractivity contribution in [1.82, 2.24) is 4.98 Å². The molecular formula is C17H14ClNO. The number of nitrogens with one attached hydrogen (secondary N) is 1. The van der Waals surface area contributed by atoms with Gasteiger partial charge < -0.3 is 4.98 Å². The summed E-state index contributed by atoms with van der Waals surface area (Å²) in [5.41, 5.74) is 4.39. The van der Waals surface area contributed by atoms with Crippen LogP contribution in [0.1, 0.15) is 27.0 Å². The van der Waals surface area contributed by atoms with E-state index in [1.54, 1.807) is 12.3 Å². The third-order valence-electron chi connectivity index (χ3n) is 3.53. The normalized spacial score (nSPS) is 10.9. The number of benzene rings is 2. The van der Waals surface area contributed by atoms with Crippen LogP contribution in [0.4, 0.5) is 0 Å². The van der Waals surface area contributed by atoms with E-state index in [1.165, 1.54) is 0 Å². The fourth-order valence-electron chi connectivity index (χ4n) is 2.41. The first-order valence-electron chi connectivity index (χ1n) is 6.45. The van der Waals surface area contributed by atoms with Gasteiger partial charge in [0.1, 0.15) is 0 Å². The standard InChI is InChI=1S/C17H14ClNO/c1-10-3-4-11(2)14(7-10)17(20)15-9-19-16-8-12(18)5-6-13(15)16/h3-9,19H,1-2H3. The van der Waals surface area contributed by atoms with Crippen molar-refractivity contribution in [1.29, 1.82) is 0 Å². The van der Waals surface area contributed by atoms with Gasteiger partial charge in [0, 0.05) is 33.2 Å². The van der Waals surface area contributed by atoms with Gasteiger partial charge in [-0.2, -0.15) is 0 Å². The zero-order valence-corrected chi connectivity index (χ0v) is 12.1. The van der Waals surface area contributed by atoms with Crippen molar-refractivity contribution < 1.29 is 4.79 Å². The molecule has 0 aliphatic rings. The topological polar surface area (TPSA) is 32.9 Å². The number of rotatable bonds is 2. The molecule has 0 unspecified atom stereocenters. The van der Waals surface area contributed by atoms with Crippen molar-refractivity contribution in [3.05, 3.63) is 69.9 Å². The Hall–Kier alpha value is -2.06. The Bertz CT molecular complexity index is 817. The number of carbonyl (C=O) groups excluding carboxylic acids is 1. The highest BCUT2D eigenvalue weighted by Gasteiger charge is 2.16. The average Bonchev–Trinajstić information content (AvgIpc) is 2.83. The lowest BCUT2D eigenvalue weighted by molar-refractivity contribution is 0.103. The maximum Gasteiger partial charge on any atom is 0.195 e. The van der Waals surface area contributed by atoms with Gasteiger partial charge in [0.15, 0.2) is 5.78 Å². The van der Waals surface area contributed by atoms with E-state index < -0.39 is 0 Å². The molecule has 2 aromatic carbocycles. The molecule has 1 N–H and O–H groups in total. The molecule has 0 bridgehead atoms. The molecule has 3 heteroatoms. The minimum Gasteiger partial charge on any atom is -0.360 e. The average molecular weight is 284 g/mol. The summed E-state index contributed by atoms with van der Waals surface area (Å²) in [4.78, 5) is 15.8. The second-order valence-corrected chi connectivity index (χ2v) is 5.48. The summed E-state index contributed by atoms with van der Waals surface area (Å²) in [6.07, 6.45) is 1.76. The zero-order valence-electron chi connectivity index (χ0n) is 11.3. The molecule has 0 atom stereocenters. The molecule has 0 saturated carbocycles. The van der Waals surface area contributed by atoms with Gasteiger partial charge in [-0.1, -0.05) is 35.4 Å². The van der Waals surface area contributed by atoms with Gasteiger partial charge in [0.05, 0.1) is 0 Å². The molecule has 0 fully saturated rings. The first-order chi connectivity index (χ1) is 9.56. The molecule has 2 nitrogen and oxygen atoms in total. The highest BCUT2D eigenvalue weighted by atomic mass is 35.5. The number of ketones is 1. The van der Waals surface area contributed by atoms with Crippen molar-refractivity contribution in [3.63, 3.8) is 0 Å². The number of hydrogen-bond acceptors (Lipinski definition) is 1. The Morgan fingerprint density at radius 1 is 1.05 bits per heavy atom. The lowest BCUT2D eigenvalue weighted by Gasteiger charge is -2.05. The lowest BCUT2D eigenvalue weighted by Crippen LogP contribution is -2.03. The van der Waals surface area contributed by atoms with Crippen LogP contribution in [0.25, 0.3) is 10.9 Å². The molecule has 0 amide bonds. The van der Waals surface area contributed by atoms with Gasteiger partial charge in [-0.3, -0.25) is 4.79 Å². The predicted molar refractivity (Wildman–Crippen MR) is 82.7 cm³/mol. The van der Waals surface area contributed by atoms with Gasteiger partial charge in [-0.05, 0) is 37.6 Å². The molecule has 0 radical (unpaired) electrons. The number of halogens is 1. The molecule has 1 aromatic heterocycles. The van der Waals surface area contributed by atoms with Crippen LogP contribution < -0.4 is 0 Å². The molecule has 0 saturated heterocycles. The molecule has 3 rings (SSSR count). The summed E-state index contributed by atoms with van der Waals surface area (Å²) in [5.74, 6) is 0.0415. The van der Waals surface area contributed by atoms with Crippen molar-refractivity contribution in [2.75, 3.05) is 0 Å². The summed E-state index contributed by atoms with van der Waals surface area (Å²) in [6, 6.07) is 11.4. The summed E-state index contributed by atoms with van der Waals surface area (Å²) in [6.45, 7) is 3.95. The Labute approximate surface area is 122 Å². The van der Waals surface area contributed by atoms with E-state index in [0.717, 1.165) is 27.6 Å². The van der Waals surface area contributed by atoms with E-state index in [4.69, 9.17) is 11.6 Å². The molecule has 100 valence electrons. The molecule has 1 heterocycles. The van der Waals surface area contributed by atoms with Crippen molar-refractivity contribution in [2.24, 2.45) is 0 Å². The minimum absolute atomic E-state index is 0.0415. The number of H-pyrrole nitrogens is 1. The number of aromatic amines is 1.